The Bertz CT molecular complexity index is 1480. The second-order valence-corrected chi connectivity index (χ2v) is 14.4. The molecule has 3 unspecified atom stereocenters. The Kier molecular flexibility index (Phi) is 11.5. The number of nitrogens with two attached hydrogens (primary N) is 2. The first kappa shape index (κ1) is 34.8. The average Bonchev–Trinajstić information content (AvgIpc) is 3.97. The van der Waals surface area contributed by atoms with E-state index in [0.717, 1.165) is 43.1 Å². The van der Waals surface area contributed by atoms with Gasteiger partial charge in [-0.25, -0.2) is 4.98 Å². The fraction of sp³-hybridized carbons (Fsp3) is 0.600. The van der Waals surface area contributed by atoms with E-state index in [-0.39, 0.29) is 36.8 Å². The number of likely N-dealkylation sites (tertiary alicyclic amines) is 1. The van der Waals surface area contributed by atoms with Crippen LogP contribution in [0.2, 0.25) is 0 Å². The van der Waals surface area contributed by atoms with Crippen molar-refractivity contribution in [2.24, 2.45) is 23.3 Å². The fourth-order valence-corrected chi connectivity index (χ4v) is 6.90. The Morgan fingerprint density at radius 3 is 2.64 bits per heavy atom. The molecule has 11 nitrogen and oxygen atoms in total. The third-order valence-corrected chi connectivity index (χ3v) is 10.1. The van der Waals surface area contributed by atoms with Crippen LogP contribution in [0.1, 0.15) is 77.2 Å². The lowest BCUT2D eigenvalue weighted by atomic mass is 10.1. The van der Waals surface area contributed by atoms with Gasteiger partial charge in [-0.05, 0) is 89.3 Å². The maximum absolute atomic E-state index is 13.4. The molecule has 0 bridgehead atoms. The van der Waals surface area contributed by atoms with Crippen LogP contribution in [-0.4, -0.2) is 70.8 Å². The number of nitrogens with zero attached hydrogens (tertiary/aromatic N) is 2. The van der Waals surface area contributed by atoms with Crippen molar-refractivity contribution in [1.82, 2.24) is 14.6 Å². The minimum atomic E-state index is -0.800. The summed E-state index contributed by atoms with van der Waals surface area (Å²) in [5.74, 6) is 1.43. The molecule has 5 rings (SSSR count). The van der Waals surface area contributed by atoms with Crippen molar-refractivity contribution in [2.45, 2.75) is 108 Å². The van der Waals surface area contributed by atoms with E-state index in [9.17, 15) is 14.4 Å². The number of nitrogens with one attached hydrogen (secondary N) is 1. The van der Waals surface area contributed by atoms with Crippen LogP contribution in [0, 0.1) is 18.8 Å². The third-order valence-electron chi connectivity index (χ3n) is 8.98. The zero-order valence-electron chi connectivity index (χ0n) is 27.9. The van der Waals surface area contributed by atoms with E-state index in [1.807, 2.05) is 32.9 Å². The molecule has 3 aliphatic rings. The summed E-state index contributed by atoms with van der Waals surface area (Å²) in [7, 11) is 1.61. The first-order valence-electron chi connectivity index (χ1n) is 16.8. The van der Waals surface area contributed by atoms with Crippen molar-refractivity contribution in [2.75, 3.05) is 13.7 Å². The highest BCUT2D eigenvalue weighted by Gasteiger charge is 2.42. The lowest BCUT2D eigenvalue weighted by molar-refractivity contribution is -0.138. The predicted molar refractivity (Wildman–Crippen MR) is 183 cm³/mol. The van der Waals surface area contributed by atoms with Crippen LogP contribution < -0.4 is 30.4 Å². The molecule has 2 saturated carbocycles. The number of methoxy groups -OCH3 is 1. The number of ether oxygens (including phenoxy) is 3. The van der Waals surface area contributed by atoms with E-state index in [4.69, 9.17) is 30.7 Å². The van der Waals surface area contributed by atoms with Gasteiger partial charge in [-0.3, -0.25) is 19.1 Å². The maximum atomic E-state index is 13.4. The fourth-order valence-electron chi connectivity index (χ4n) is 6.10. The van der Waals surface area contributed by atoms with Crippen LogP contribution in [-0.2, 0) is 14.4 Å². The van der Waals surface area contributed by atoms with Gasteiger partial charge in [0.2, 0.25) is 23.6 Å². The second-order valence-electron chi connectivity index (χ2n) is 13.3. The van der Waals surface area contributed by atoms with Crippen LogP contribution in [0.5, 0.6) is 17.4 Å². The zero-order valence-corrected chi connectivity index (χ0v) is 28.7. The minimum Gasteiger partial charge on any atom is -0.496 e. The molecule has 1 aromatic heterocycles. The molecule has 256 valence electrons. The SMILES string of the molecule is COc1ccc2c(O[C@@H]3CC(C(N)=O)N(C(=O)[C@@H](N)CCCCC/C=C\C4CC4C(=O)NSC4CC4)C3)cc(OC(C)C)nc2c1C. The smallest absolute Gasteiger partial charge is 0.240 e. The number of aryl methyl sites for hydroxylation is 1. The molecule has 3 amide bonds. The van der Waals surface area contributed by atoms with E-state index < -0.39 is 24.1 Å². The molecule has 1 saturated heterocycles. The Hall–Kier alpha value is -3.51. The van der Waals surface area contributed by atoms with E-state index in [1.165, 1.54) is 17.7 Å². The zero-order chi connectivity index (χ0) is 33.7. The van der Waals surface area contributed by atoms with Crippen molar-refractivity contribution in [1.29, 1.82) is 0 Å². The van der Waals surface area contributed by atoms with E-state index in [2.05, 4.69) is 16.9 Å². The molecule has 3 fully saturated rings. The summed E-state index contributed by atoms with van der Waals surface area (Å²) in [6.45, 7) is 5.97. The number of fused-ring (bicyclic) bond motifs is 1. The summed E-state index contributed by atoms with van der Waals surface area (Å²) < 4.78 is 20.8. The molecule has 12 heteroatoms. The summed E-state index contributed by atoms with van der Waals surface area (Å²) in [5.41, 5.74) is 13.6. The molecule has 2 heterocycles. The van der Waals surface area contributed by atoms with Crippen LogP contribution in [0.15, 0.2) is 30.4 Å². The van der Waals surface area contributed by atoms with Crippen LogP contribution in [0.25, 0.3) is 10.9 Å². The first-order valence-corrected chi connectivity index (χ1v) is 17.7. The summed E-state index contributed by atoms with van der Waals surface area (Å²) in [4.78, 5) is 44.2. The largest absolute Gasteiger partial charge is 0.496 e. The first-order chi connectivity index (χ1) is 22.5. The third kappa shape index (κ3) is 9.10. The Balaban J connectivity index is 1.11. The highest BCUT2D eigenvalue weighted by Crippen LogP contribution is 2.41. The van der Waals surface area contributed by atoms with Gasteiger partial charge in [0.15, 0.2) is 0 Å². The van der Waals surface area contributed by atoms with Gasteiger partial charge >= 0.3 is 0 Å². The molecule has 47 heavy (non-hydrogen) atoms. The van der Waals surface area contributed by atoms with E-state index in [0.29, 0.717) is 40.5 Å². The summed E-state index contributed by atoms with van der Waals surface area (Å²) in [6.07, 6.45) is 11.5. The number of primary amides is 1. The van der Waals surface area contributed by atoms with Gasteiger partial charge in [-0.1, -0.05) is 25.0 Å². The second kappa shape index (κ2) is 15.6. The van der Waals surface area contributed by atoms with Crippen LogP contribution in [0.3, 0.4) is 0 Å². The van der Waals surface area contributed by atoms with Crippen molar-refractivity contribution < 1.29 is 28.6 Å². The molecule has 5 N–H and O–H groups in total. The Morgan fingerprint density at radius 1 is 1.15 bits per heavy atom. The molecule has 1 aliphatic heterocycles. The van der Waals surface area contributed by atoms with Crippen molar-refractivity contribution in [3.05, 3.63) is 35.9 Å². The van der Waals surface area contributed by atoms with Gasteiger partial charge in [-0.2, -0.15) is 0 Å². The van der Waals surface area contributed by atoms with E-state index >= 15 is 0 Å². The highest BCUT2D eigenvalue weighted by molar-refractivity contribution is 7.98. The van der Waals surface area contributed by atoms with E-state index in [1.54, 1.807) is 25.1 Å². The maximum Gasteiger partial charge on any atom is 0.240 e. The number of carbonyl (C=O) groups is 3. The molecule has 1 aromatic carbocycles. The number of allylic oxidation sites excluding steroid dienone is 2. The molecular weight excluding hydrogens is 618 g/mol. The number of pyridine rings is 1. The molecule has 0 spiro atoms. The molecule has 0 radical (unpaired) electrons. The summed E-state index contributed by atoms with van der Waals surface area (Å²) in [6, 6.07) is 3.96. The Morgan fingerprint density at radius 2 is 1.94 bits per heavy atom. The number of amides is 3. The molecule has 5 atom stereocenters. The van der Waals surface area contributed by atoms with Gasteiger partial charge in [0, 0.05) is 34.6 Å². The lowest BCUT2D eigenvalue weighted by Crippen LogP contribution is -2.50. The lowest BCUT2D eigenvalue weighted by Gasteiger charge is -2.25. The number of hydrogen-bond acceptors (Lipinski definition) is 9. The van der Waals surface area contributed by atoms with Gasteiger partial charge in [-0.15, -0.1) is 0 Å². The summed E-state index contributed by atoms with van der Waals surface area (Å²) >= 11 is 1.58. The van der Waals surface area contributed by atoms with Gasteiger partial charge in [0.25, 0.3) is 0 Å². The van der Waals surface area contributed by atoms with Crippen molar-refractivity contribution >= 4 is 40.6 Å². The minimum absolute atomic E-state index is 0.0963. The number of hydrogen-bond donors (Lipinski definition) is 3. The van der Waals surface area contributed by atoms with Gasteiger partial charge in [0.05, 0.1) is 31.3 Å². The Labute approximate surface area is 281 Å². The number of aromatic nitrogens is 1. The normalized spacial score (nSPS) is 22.9. The number of carbonyl (C=O) groups excluding carboxylic acids is 3. The monoisotopic (exact) mass is 667 g/mol. The molecule has 2 aromatic rings. The number of rotatable bonds is 17. The number of benzene rings is 1. The molecule has 2 aliphatic carbocycles. The van der Waals surface area contributed by atoms with Crippen LogP contribution >= 0.6 is 11.9 Å². The van der Waals surface area contributed by atoms with Crippen LogP contribution in [0.4, 0.5) is 0 Å². The molecular formula is C35H49N5O6S. The average molecular weight is 668 g/mol. The van der Waals surface area contributed by atoms with Crippen molar-refractivity contribution in [3.63, 3.8) is 0 Å². The van der Waals surface area contributed by atoms with Gasteiger partial charge < -0.3 is 30.6 Å². The predicted octanol–water partition coefficient (Wildman–Crippen LogP) is 4.57. The number of unbranched alkanes of at least 4 members (excludes halogenated alkanes) is 3. The highest BCUT2D eigenvalue weighted by atomic mass is 32.2. The summed E-state index contributed by atoms with van der Waals surface area (Å²) in [5, 5.41) is 1.39. The van der Waals surface area contributed by atoms with Gasteiger partial charge in [0.1, 0.15) is 23.6 Å². The van der Waals surface area contributed by atoms with Crippen molar-refractivity contribution in [3.8, 4) is 17.4 Å². The topological polar surface area (TPSA) is 159 Å². The quantitative estimate of drug-likeness (QED) is 0.125. The standard InChI is InChI=1S/C35H49N5O6S/c1-20(2)45-31-18-30(25-14-15-29(44-4)21(3)32(25)38-31)46-23-17-28(33(37)41)40(19-23)35(43)27(36)11-9-7-5-6-8-10-22-16-26(22)34(42)39-47-24-12-13-24/h8,10,14-15,18,20,22-24,26-28H,5-7,9,11-13,16-17,19,36H2,1-4H3,(H2,37,41)(H,39,42)/b10-8-/t22?,23-,26?,27+,28?/m1/s1.